The Morgan fingerprint density at radius 3 is 2.82 bits per heavy atom. The molecule has 6 heteroatoms. The summed E-state index contributed by atoms with van der Waals surface area (Å²) in [5, 5.41) is 7.01. The van der Waals surface area contributed by atoms with Crippen molar-refractivity contribution in [1.29, 1.82) is 0 Å². The van der Waals surface area contributed by atoms with Gasteiger partial charge in [-0.15, -0.1) is 11.3 Å². The molecular weight excluding hydrogens is 240 g/mol. The molecular formula is C11H16N2O3S. The van der Waals surface area contributed by atoms with Gasteiger partial charge in [-0.25, -0.2) is 0 Å². The zero-order chi connectivity index (χ0) is 12.7. The summed E-state index contributed by atoms with van der Waals surface area (Å²) in [6.07, 6.45) is 0. The first-order valence-corrected chi connectivity index (χ1v) is 6.11. The van der Waals surface area contributed by atoms with Crippen LogP contribution in [0.3, 0.4) is 0 Å². The number of hydrogen-bond donors (Lipinski definition) is 2. The Bertz CT molecular complexity index is 365. The number of hydrogen-bond acceptors (Lipinski definition) is 4. The lowest BCUT2D eigenvalue weighted by molar-refractivity contribution is -0.139. The van der Waals surface area contributed by atoms with Crippen molar-refractivity contribution in [1.82, 2.24) is 10.6 Å². The molecule has 1 rings (SSSR count). The van der Waals surface area contributed by atoms with Gasteiger partial charge in [0.05, 0.1) is 13.2 Å². The van der Waals surface area contributed by atoms with Gasteiger partial charge < -0.3 is 15.4 Å². The van der Waals surface area contributed by atoms with Gasteiger partial charge in [0.1, 0.15) is 0 Å². The fourth-order valence-corrected chi connectivity index (χ4v) is 1.89. The van der Waals surface area contributed by atoms with Crippen LogP contribution in [0.5, 0.6) is 0 Å². The highest BCUT2D eigenvalue weighted by Gasteiger charge is 2.15. The van der Waals surface area contributed by atoms with Crippen LogP contribution in [0.4, 0.5) is 0 Å². The number of methoxy groups -OCH3 is 1. The third-order valence-electron chi connectivity index (χ3n) is 2.00. The second-order valence-corrected chi connectivity index (χ2v) is 4.62. The number of amides is 2. The number of carbonyl (C=O) groups excluding carboxylic acids is 2. The van der Waals surface area contributed by atoms with Crippen molar-refractivity contribution in [2.75, 3.05) is 13.7 Å². The fraction of sp³-hybridized carbons (Fsp3) is 0.455. The second kappa shape index (κ2) is 7.03. The average Bonchev–Trinajstić information content (AvgIpc) is 2.78. The van der Waals surface area contributed by atoms with Gasteiger partial charge in [0.2, 0.25) is 0 Å². The van der Waals surface area contributed by atoms with E-state index < -0.39 is 11.8 Å². The van der Waals surface area contributed by atoms with E-state index >= 15 is 0 Å². The van der Waals surface area contributed by atoms with Crippen LogP contribution < -0.4 is 10.6 Å². The Morgan fingerprint density at radius 2 is 2.24 bits per heavy atom. The van der Waals surface area contributed by atoms with Crippen LogP contribution in [-0.4, -0.2) is 31.6 Å². The van der Waals surface area contributed by atoms with E-state index in [-0.39, 0.29) is 6.04 Å². The minimum Gasteiger partial charge on any atom is -0.383 e. The van der Waals surface area contributed by atoms with Gasteiger partial charge >= 0.3 is 11.8 Å². The molecule has 2 amide bonds. The van der Waals surface area contributed by atoms with Gasteiger partial charge in [-0.3, -0.25) is 9.59 Å². The molecule has 0 saturated heterocycles. The number of ether oxygens (including phenoxy) is 1. The van der Waals surface area contributed by atoms with Crippen LogP contribution in [0.1, 0.15) is 11.8 Å². The zero-order valence-electron chi connectivity index (χ0n) is 9.86. The molecule has 0 aromatic carbocycles. The van der Waals surface area contributed by atoms with Crippen molar-refractivity contribution < 1.29 is 14.3 Å². The summed E-state index contributed by atoms with van der Waals surface area (Å²) in [6, 6.07) is 3.61. The van der Waals surface area contributed by atoms with Crippen LogP contribution in [0, 0.1) is 0 Å². The minimum absolute atomic E-state index is 0.181. The van der Waals surface area contributed by atoms with Crippen molar-refractivity contribution >= 4 is 23.2 Å². The summed E-state index contributed by atoms with van der Waals surface area (Å²) in [5.74, 6) is -1.26. The van der Waals surface area contributed by atoms with Gasteiger partial charge in [-0.05, 0) is 18.4 Å². The van der Waals surface area contributed by atoms with Gasteiger partial charge in [0.15, 0.2) is 0 Å². The molecule has 0 spiro atoms. The summed E-state index contributed by atoms with van der Waals surface area (Å²) in [4.78, 5) is 23.8. The molecule has 94 valence electrons. The van der Waals surface area contributed by atoms with E-state index in [1.54, 1.807) is 14.0 Å². The number of thiophene rings is 1. The first-order valence-electron chi connectivity index (χ1n) is 5.23. The highest BCUT2D eigenvalue weighted by Crippen LogP contribution is 2.06. The highest BCUT2D eigenvalue weighted by molar-refractivity contribution is 7.09. The third kappa shape index (κ3) is 4.97. The summed E-state index contributed by atoms with van der Waals surface area (Å²) >= 11 is 1.53. The van der Waals surface area contributed by atoms with Crippen molar-refractivity contribution in [3.63, 3.8) is 0 Å². The van der Waals surface area contributed by atoms with Gasteiger partial charge in [0, 0.05) is 18.0 Å². The first kappa shape index (κ1) is 13.7. The molecule has 0 bridgehead atoms. The zero-order valence-corrected chi connectivity index (χ0v) is 10.7. The molecule has 2 N–H and O–H groups in total. The van der Waals surface area contributed by atoms with Crippen LogP contribution in [0.25, 0.3) is 0 Å². The van der Waals surface area contributed by atoms with Crippen LogP contribution in [0.15, 0.2) is 17.5 Å². The lowest BCUT2D eigenvalue weighted by Crippen LogP contribution is -2.44. The Hall–Kier alpha value is -1.40. The molecule has 0 unspecified atom stereocenters. The third-order valence-corrected chi connectivity index (χ3v) is 2.88. The summed E-state index contributed by atoms with van der Waals surface area (Å²) in [7, 11) is 1.54. The smallest absolute Gasteiger partial charge is 0.309 e. The van der Waals surface area contributed by atoms with E-state index in [2.05, 4.69) is 10.6 Å². The molecule has 0 radical (unpaired) electrons. The van der Waals surface area contributed by atoms with Crippen LogP contribution in [0.2, 0.25) is 0 Å². The summed E-state index contributed by atoms with van der Waals surface area (Å²) < 4.78 is 4.86. The van der Waals surface area contributed by atoms with E-state index in [1.807, 2.05) is 17.5 Å². The minimum atomic E-state index is -0.633. The van der Waals surface area contributed by atoms with Crippen LogP contribution >= 0.6 is 11.3 Å². The maximum absolute atomic E-state index is 11.4. The standard InChI is InChI=1S/C11H16N2O3S/c1-8(7-16-2)13-11(15)10(14)12-6-9-4-3-5-17-9/h3-5,8H,6-7H2,1-2H3,(H,12,14)(H,13,15)/t8-/m0/s1. The van der Waals surface area contributed by atoms with Gasteiger partial charge in [-0.1, -0.05) is 6.07 Å². The molecule has 1 heterocycles. The first-order chi connectivity index (χ1) is 8.13. The Labute approximate surface area is 104 Å². The molecule has 0 aliphatic heterocycles. The topological polar surface area (TPSA) is 67.4 Å². The molecule has 5 nitrogen and oxygen atoms in total. The van der Waals surface area contributed by atoms with E-state index in [9.17, 15) is 9.59 Å². The predicted octanol–water partition coefficient (Wildman–Crippen LogP) is 0.515. The van der Waals surface area contributed by atoms with Gasteiger partial charge in [-0.2, -0.15) is 0 Å². The molecule has 17 heavy (non-hydrogen) atoms. The Balaban J connectivity index is 2.29. The fourth-order valence-electron chi connectivity index (χ4n) is 1.24. The van der Waals surface area contributed by atoms with E-state index in [0.29, 0.717) is 13.2 Å². The molecule has 1 aromatic rings. The Kier molecular flexibility index (Phi) is 5.65. The van der Waals surface area contributed by atoms with Crippen molar-refractivity contribution in [3.8, 4) is 0 Å². The lowest BCUT2D eigenvalue weighted by Gasteiger charge is -2.12. The molecule has 0 fully saturated rings. The second-order valence-electron chi connectivity index (χ2n) is 3.59. The number of nitrogens with one attached hydrogen (secondary N) is 2. The van der Waals surface area contributed by atoms with Crippen molar-refractivity contribution in [3.05, 3.63) is 22.4 Å². The average molecular weight is 256 g/mol. The number of rotatable bonds is 5. The molecule has 0 aliphatic rings. The molecule has 1 aromatic heterocycles. The SMILES string of the molecule is COC[C@H](C)NC(=O)C(=O)NCc1cccs1. The summed E-state index contributed by atoms with van der Waals surface area (Å²) in [6.45, 7) is 2.53. The molecule has 1 atom stereocenters. The normalized spacial score (nSPS) is 11.9. The highest BCUT2D eigenvalue weighted by atomic mass is 32.1. The largest absolute Gasteiger partial charge is 0.383 e. The maximum Gasteiger partial charge on any atom is 0.309 e. The van der Waals surface area contributed by atoms with Crippen molar-refractivity contribution in [2.45, 2.75) is 19.5 Å². The van der Waals surface area contributed by atoms with E-state index in [1.165, 1.54) is 11.3 Å². The monoisotopic (exact) mass is 256 g/mol. The van der Waals surface area contributed by atoms with Crippen LogP contribution in [-0.2, 0) is 20.9 Å². The lowest BCUT2D eigenvalue weighted by atomic mass is 10.3. The van der Waals surface area contributed by atoms with E-state index in [0.717, 1.165) is 4.88 Å². The molecule has 0 aliphatic carbocycles. The van der Waals surface area contributed by atoms with Crippen molar-refractivity contribution in [2.24, 2.45) is 0 Å². The molecule has 0 saturated carbocycles. The number of carbonyl (C=O) groups is 2. The maximum atomic E-state index is 11.4. The Morgan fingerprint density at radius 1 is 1.47 bits per heavy atom. The predicted molar refractivity (Wildman–Crippen MR) is 65.6 cm³/mol. The van der Waals surface area contributed by atoms with E-state index in [4.69, 9.17) is 4.74 Å². The quantitative estimate of drug-likeness (QED) is 0.755. The summed E-state index contributed by atoms with van der Waals surface area (Å²) in [5.41, 5.74) is 0. The van der Waals surface area contributed by atoms with Gasteiger partial charge in [0.25, 0.3) is 0 Å².